The molecule has 3 rings (SSSR count). The minimum atomic E-state index is 0.719. The Morgan fingerprint density at radius 2 is 2.05 bits per heavy atom. The van der Waals surface area contributed by atoms with E-state index in [1.165, 1.54) is 37.7 Å². The van der Waals surface area contributed by atoms with Gasteiger partial charge in [-0.2, -0.15) is 0 Å². The summed E-state index contributed by atoms with van der Waals surface area (Å²) in [6.45, 7) is 0. The lowest BCUT2D eigenvalue weighted by molar-refractivity contribution is 0.414. The van der Waals surface area contributed by atoms with Gasteiger partial charge >= 0.3 is 0 Å². The number of rotatable bonds is 3. The van der Waals surface area contributed by atoms with E-state index in [0.717, 1.165) is 22.9 Å². The van der Waals surface area contributed by atoms with Crippen molar-refractivity contribution in [2.45, 2.75) is 38.0 Å². The Morgan fingerprint density at radius 1 is 1.21 bits per heavy atom. The molecule has 0 aliphatic heterocycles. The molecule has 3 heteroatoms. The molecule has 1 heterocycles. The highest BCUT2D eigenvalue weighted by atomic mass is 32.1. The first-order valence-electron chi connectivity index (χ1n) is 6.95. The van der Waals surface area contributed by atoms with Gasteiger partial charge in [-0.1, -0.05) is 25.3 Å². The maximum absolute atomic E-state index is 5.48. The zero-order chi connectivity index (χ0) is 13.1. The maximum atomic E-state index is 5.48. The van der Waals surface area contributed by atoms with Crippen LogP contribution in [-0.2, 0) is 0 Å². The predicted octanol–water partition coefficient (Wildman–Crippen LogP) is 4.87. The van der Waals surface area contributed by atoms with E-state index in [0.29, 0.717) is 0 Å². The van der Waals surface area contributed by atoms with Crippen LogP contribution in [0.15, 0.2) is 29.1 Å². The van der Waals surface area contributed by atoms with Crippen molar-refractivity contribution < 1.29 is 4.74 Å². The largest absolute Gasteiger partial charge is 0.496 e. The van der Waals surface area contributed by atoms with Crippen LogP contribution in [0.3, 0.4) is 0 Å². The summed E-state index contributed by atoms with van der Waals surface area (Å²) < 4.78 is 5.48. The molecule has 1 fully saturated rings. The molecular weight excluding hydrogens is 254 g/mol. The lowest BCUT2D eigenvalue weighted by atomic mass is 9.83. The molecule has 1 saturated carbocycles. The molecule has 0 atom stereocenters. The van der Waals surface area contributed by atoms with Gasteiger partial charge in [0.05, 0.1) is 18.3 Å². The van der Waals surface area contributed by atoms with Crippen LogP contribution in [-0.4, -0.2) is 12.1 Å². The Labute approximate surface area is 118 Å². The van der Waals surface area contributed by atoms with Crippen molar-refractivity contribution in [3.05, 3.63) is 34.7 Å². The standard InChI is InChI=1S/C16H19NOS/c1-18-16-8-7-13(12-5-3-2-4-6-12)9-14(16)15-10-19-11-17-15/h7-12H,2-6H2,1H3. The minimum Gasteiger partial charge on any atom is -0.496 e. The summed E-state index contributed by atoms with van der Waals surface area (Å²) in [6, 6.07) is 6.60. The Kier molecular flexibility index (Phi) is 3.83. The summed E-state index contributed by atoms with van der Waals surface area (Å²) >= 11 is 1.63. The van der Waals surface area contributed by atoms with E-state index in [9.17, 15) is 0 Å². The minimum absolute atomic E-state index is 0.719. The zero-order valence-electron chi connectivity index (χ0n) is 11.3. The van der Waals surface area contributed by atoms with E-state index >= 15 is 0 Å². The number of aromatic nitrogens is 1. The van der Waals surface area contributed by atoms with Crippen molar-refractivity contribution in [1.82, 2.24) is 4.98 Å². The van der Waals surface area contributed by atoms with E-state index in [-0.39, 0.29) is 0 Å². The molecule has 0 radical (unpaired) electrons. The Morgan fingerprint density at radius 3 is 2.74 bits per heavy atom. The van der Waals surface area contributed by atoms with Crippen LogP contribution in [0.25, 0.3) is 11.3 Å². The Hall–Kier alpha value is -1.35. The molecule has 1 aromatic carbocycles. The van der Waals surface area contributed by atoms with E-state index in [2.05, 4.69) is 28.6 Å². The molecule has 0 saturated heterocycles. The number of benzene rings is 1. The molecule has 0 amide bonds. The number of ether oxygens (including phenoxy) is 1. The van der Waals surface area contributed by atoms with Gasteiger partial charge in [-0.3, -0.25) is 0 Å². The third-order valence-electron chi connectivity index (χ3n) is 4.01. The molecule has 2 nitrogen and oxygen atoms in total. The van der Waals surface area contributed by atoms with Crippen molar-refractivity contribution in [1.29, 1.82) is 0 Å². The van der Waals surface area contributed by atoms with Crippen LogP contribution in [0, 0.1) is 0 Å². The summed E-state index contributed by atoms with van der Waals surface area (Å²) in [4.78, 5) is 4.42. The SMILES string of the molecule is COc1ccc(C2CCCCC2)cc1-c1cscn1. The molecule has 1 aromatic heterocycles. The number of hydrogen-bond acceptors (Lipinski definition) is 3. The third-order valence-corrected chi connectivity index (χ3v) is 4.59. The second-order valence-corrected chi connectivity index (χ2v) is 5.89. The molecule has 0 spiro atoms. The van der Waals surface area contributed by atoms with Crippen molar-refractivity contribution in [3.8, 4) is 17.0 Å². The Balaban J connectivity index is 1.97. The fourth-order valence-corrected chi connectivity index (χ4v) is 3.51. The monoisotopic (exact) mass is 273 g/mol. The van der Waals surface area contributed by atoms with E-state index < -0.39 is 0 Å². The van der Waals surface area contributed by atoms with Gasteiger partial charge in [-0.15, -0.1) is 11.3 Å². The normalized spacial score (nSPS) is 16.5. The van der Waals surface area contributed by atoms with Gasteiger partial charge in [-0.25, -0.2) is 4.98 Å². The fourth-order valence-electron chi connectivity index (χ4n) is 2.96. The molecule has 0 bridgehead atoms. The quantitative estimate of drug-likeness (QED) is 0.796. The topological polar surface area (TPSA) is 22.1 Å². The lowest BCUT2D eigenvalue weighted by Crippen LogP contribution is -2.04. The molecular formula is C16H19NOS. The van der Waals surface area contributed by atoms with Crippen LogP contribution < -0.4 is 4.74 Å². The van der Waals surface area contributed by atoms with E-state index in [1.807, 2.05) is 5.51 Å². The van der Waals surface area contributed by atoms with Crippen LogP contribution in [0.2, 0.25) is 0 Å². The predicted molar refractivity (Wildman–Crippen MR) is 79.9 cm³/mol. The van der Waals surface area contributed by atoms with Gasteiger partial charge in [0.2, 0.25) is 0 Å². The highest BCUT2D eigenvalue weighted by Gasteiger charge is 2.17. The summed E-state index contributed by atoms with van der Waals surface area (Å²) in [5.41, 5.74) is 5.48. The van der Waals surface area contributed by atoms with E-state index in [1.54, 1.807) is 18.4 Å². The zero-order valence-corrected chi connectivity index (χ0v) is 12.1. The number of nitrogens with zero attached hydrogens (tertiary/aromatic N) is 1. The third kappa shape index (κ3) is 2.66. The smallest absolute Gasteiger partial charge is 0.128 e. The summed E-state index contributed by atoms with van der Waals surface area (Å²) in [6.07, 6.45) is 6.77. The first-order chi connectivity index (χ1) is 9.38. The second kappa shape index (κ2) is 5.74. The average molecular weight is 273 g/mol. The lowest BCUT2D eigenvalue weighted by Gasteiger charge is -2.22. The first-order valence-corrected chi connectivity index (χ1v) is 7.89. The van der Waals surface area contributed by atoms with Crippen LogP contribution in [0.4, 0.5) is 0 Å². The number of hydrogen-bond donors (Lipinski definition) is 0. The van der Waals surface area contributed by atoms with Crippen molar-refractivity contribution in [2.24, 2.45) is 0 Å². The molecule has 1 aliphatic rings. The summed E-state index contributed by atoms with van der Waals surface area (Å²) in [5, 5.41) is 2.09. The van der Waals surface area contributed by atoms with Crippen molar-refractivity contribution in [3.63, 3.8) is 0 Å². The van der Waals surface area contributed by atoms with Crippen molar-refractivity contribution in [2.75, 3.05) is 7.11 Å². The summed E-state index contributed by atoms with van der Waals surface area (Å²) in [5.74, 6) is 1.64. The molecule has 0 N–H and O–H groups in total. The Bertz CT molecular complexity index is 530. The summed E-state index contributed by atoms with van der Waals surface area (Å²) in [7, 11) is 1.73. The van der Waals surface area contributed by atoms with Crippen LogP contribution in [0.5, 0.6) is 5.75 Å². The van der Waals surface area contributed by atoms with Gasteiger partial charge in [0.15, 0.2) is 0 Å². The van der Waals surface area contributed by atoms with Gasteiger partial charge in [0.25, 0.3) is 0 Å². The van der Waals surface area contributed by atoms with Crippen LogP contribution >= 0.6 is 11.3 Å². The molecule has 0 unspecified atom stereocenters. The molecule has 19 heavy (non-hydrogen) atoms. The molecule has 100 valence electrons. The number of thiazole rings is 1. The average Bonchev–Trinajstić information content (AvgIpc) is 3.01. The van der Waals surface area contributed by atoms with E-state index in [4.69, 9.17) is 4.74 Å². The highest BCUT2D eigenvalue weighted by molar-refractivity contribution is 7.07. The maximum Gasteiger partial charge on any atom is 0.128 e. The van der Waals surface area contributed by atoms with Crippen LogP contribution in [0.1, 0.15) is 43.6 Å². The second-order valence-electron chi connectivity index (χ2n) is 5.17. The first kappa shape index (κ1) is 12.7. The van der Waals surface area contributed by atoms with Gasteiger partial charge in [-0.05, 0) is 36.5 Å². The fraction of sp³-hybridized carbons (Fsp3) is 0.438. The number of methoxy groups -OCH3 is 1. The highest BCUT2D eigenvalue weighted by Crippen LogP contribution is 2.37. The van der Waals surface area contributed by atoms with Gasteiger partial charge < -0.3 is 4.74 Å². The molecule has 2 aromatic rings. The van der Waals surface area contributed by atoms with Gasteiger partial charge in [0.1, 0.15) is 5.75 Å². The van der Waals surface area contributed by atoms with Gasteiger partial charge in [0, 0.05) is 10.9 Å². The van der Waals surface area contributed by atoms with Crippen molar-refractivity contribution >= 4 is 11.3 Å². The molecule has 1 aliphatic carbocycles.